The van der Waals surface area contributed by atoms with Crippen molar-refractivity contribution in [2.24, 2.45) is 0 Å². The van der Waals surface area contributed by atoms with Gasteiger partial charge in [0.25, 0.3) is 0 Å². The number of hydrogen-bond donors (Lipinski definition) is 2. The summed E-state index contributed by atoms with van der Waals surface area (Å²) in [5.74, 6) is -0.0167. The highest BCUT2D eigenvalue weighted by Crippen LogP contribution is 2.17. The van der Waals surface area contributed by atoms with Gasteiger partial charge in [0.05, 0.1) is 6.54 Å². The summed E-state index contributed by atoms with van der Waals surface area (Å²) in [6.07, 6.45) is 1.65. The molecule has 0 aromatic heterocycles. The molecule has 0 aliphatic carbocycles. The highest BCUT2D eigenvalue weighted by atomic mass is 19.3. The van der Waals surface area contributed by atoms with E-state index in [2.05, 4.69) is 15.4 Å². The van der Waals surface area contributed by atoms with Crippen molar-refractivity contribution in [1.82, 2.24) is 5.32 Å². The monoisotopic (exact) mass is 300 g/mol. The molecule has 2 N–H and O–H groups in total. The first-order valence-corrected chi connectivity index (χ1v) is 6.79. The number of alkyl halides is 2. The van der Waals surface area contributed by atoms with Gasteiger partial charge in [-0.05, 0) is 37.1 Å². The van der Waals surface area contributed by atoms with Gasteiger partial charge in [0.2, 0.25) is 5.91 Å². The van der Waals surface area contributed by atoms with E-state index in [0.29, 0.717) is 18.9 Å². The van der Waals surface area contributed by atoms with E-state index in [1.54, 1.807) is 12.1 Å². The average molecular weight is 300 g/mol. The molecule has 1 heterocycles. The zero-order valence-corrected chi connectivity index (χ0v) is 11.5. The van der Waals surface area contributed by atoms with Gasteiger partial charge in [-0.15, -0.1) is 0 Å². The van der Waals surface area contributed by atoms with E-state index < -0.39 is 6.61 Å². The van der Waals surface area contributed by atoms with E-state index in [1.807, 2.05) is 0 Å². The second-order valence-corrected chi connectivity index (χ2v) is 4.71. The van der Waals surface area contributed by atoms with Crippen molar-refractivity contribution in [2.45, 2.75) is 25.5 Å². The first kappa shape index (κ1) is 15.5. The van der Waals surface area contributed by atoms with Crippen LogP contribution in [0.25, 0.3) is 0 Å². The molecule has 1 amide bonds. The van der Waals surface area contributed by atoms with Crippen LogP contribution in [0.4, 0.5) is 14.5 Å². The molecule has 1 aromatic carbocycles. The number of ether oxygens (including phenoxy) is 2. The molecule has 2 rings (SSSR count). The third-order valence-electron chi connectivity index (χ3n) is 3.12. The minimum atomic E-state index is -2.84. The van der Waals surface area contributed by atoms with Crippen molar-refractivity contribution < 1.29 is 23.0 Å². The summed E-state index contributed by atoms with van der Waals surface area (Å²) in [4.78, 5) is 11.8. The zero-order valence-electron chi connectivity index (χ0n) is 11.5. The van der Waals surface area contributed by atoms with Crippen LogP contribution in [-0.2, 0) is 9.53 Å². The lowest BCUT2D eigenvalue weighted by atomic mass is 10.1. The molecule has 0 radical (unpaired) electrons. The van der Waals surface area contributed by atoms with Crippen molar-refractivity contribution >= 4 is 11.6 Å². The van der Waals surface area contributed by atoms with Gasteiger partial charge in [0.15, 0.2) is 0 Å². The third-order valence-corrected chi connectivity index (χ3v) is 3.12. The Balaban J connectivity index is 1.73. The van der Waals surface area contributed by atoms with Crippen LogP contribution in [0.2, 0.25) is 0 Å². The largest absolute Gasteiger partial charge is 0.435 e. The second kappa shape index (κ2) is 7.78. The van der Waals surface area contributed by atoms with Gasteiger partial charge < -0.3 is 20.1 Å². The summed E-state index contributed by atoms with van der Waals surface area (Å²) >= 11 is 0. The van der Waals surface area contributed by atoms with E-state index >= 15 is 0 Å². The number of rotatable bonds is 6. The van der Waals surface area contributed by atoms with Crippen LogP contribution in [0.1, 0.15) is 12.8 Å². The maximum atomic E-state index is 12.0. The van der Waals surface area contributed by atoms with Crippen LogP contribution in [0, 0.1) is 0 Å². The molecule has 116 valence electrons. The number of nitrogens with one attached hydrogen (secondary N) is 2. The van der Waals surface area contributed by atoms with Crippen LogP contribution in [0.5, 0.6) is 5.75 Å². The number of amides is 1. The first-order chi connectivity index (χ1) is 10.1. The van der Waals surface area contributed by atoms with Crippen LogP contribution in [0.3, 0.4) is 0 Å². The van der Waals surface area contributed by atoms with Crippen LogP contribution in [0.15, 0.2) is 24.3 Å². The van der Waals surface area contributed by atoms with Gasteiger partial charge in [0.1, 0.15) is 5.75 Å². The molecule has 1 fully saturated rings. The third kappa shape index (κ3) is 5.55. The molecule has 0 atom stereocenters. The van der Waals surface area contributed by atoms with Gasteiger partial charge in [-0.1, -0.05) is 0 Å². The van der Waals surface area contributed by atoms with Crippen molar-refractivity contribution in [3.63, 3.8) is 0 Å². The summed E-state index contributed by atoms with van der Waals surface area (Å²) < 4.78 is 33.5. The molecule has 0 bridgehead atoms. The van der Waals surface area contributed by atoms with Gasteiger partial charge in [-0.3, -0.25) is 4.79 Å². The number of carbonyl (C=O) groups is 1. The summed E-state index contributed by atoms with van der Waals surface area (Å²) in [5.41, 5.74) is 0.666. The Labute approximate surface area is 121 Å². The van der Waals surface area contributed by atoms with Crippen molar-refractivity contribution in [1.29, 1.82) is 0 Å². The molecule has 1 saturated heterocycles. The normalized spacial score (nSPS) is 15.8. The molecule has 0 saturated carbocycles. The van der Waals surface area contributed by atoms with Gasteiger partial charge in [0, 0.05) is 24.9 Å². The molecule has 7 heteroatoms. The fourth-order valence-corrected chi connectivity index (χ4v) is 2.06. The Kier molecular flexibility index (Phi) is 5.74. The summed E-state index contributed by atoms with van der Waals surface area (Å²) in [7, 11) is 0. The maximum Gasteiger partial charge on any atom is 0.387 e. The van der Waals surface area contributed by atoms with Crippen molar-refractivity contribution in [2.75, 3.05) is 25.1 Å². The van der Waals surface area contributed by atoms with Crippen LogP contribution >= 0.6 is 0 Å². The molecule has 1 aromatic rings. The Morgan fingerprint density at radius 2 is 1.95 bits per heavy atom. The maximum absolute atomic E-state index is 12.0. The van der Waals surface area contributed by atoms with E-state index in [9.17, 15) is 13.6 Å². The Morgan fingerprint density at radius 3 is 2.57 bits per heavy atom. The number of carbonyl (C=O) groups excluding carboxylic acids is 1. The minimum Gasteiger partial charge on any atom is -0.435 e. The lowest BCUT2D eigenvalue weighted by Crippen LogP contribution is -2.41. The lowest BCUT2D eigenvalue weighted by Gasteiger charge is -2.23. The van der Waals surface area contributed by atoms with Crippen molar-refractivity contribution in [3.05, 3.63) is 24.3 Å². The lowest BCUT2D eigenvalue weighted by molar-refractivity contribution is -0.120. The standard InChI is InChI=1S/C14H18F2N2O3/c15-14(16)21-12-3-1-10(2-4-12)17-9-13(19)18-11-5-7-20-8-6-11/h1-4,11,14,17H,5-9H2,(H,18,19). The van der Waals surface area contributed by atoms with E-state index in [-0.39, 0.29) is 24.2 Å². The Bertz CT molecular complexity index is 448. The minimum absolute atomic E-state index is 0.0854. The Hall–Kier alpha value is -1.89. The molecule has 21 heavy (non-hydrogen) atoms. The molecule has 1 aliphatic heterocycles. The van der Waals surface area contributed by atoms with E-state index in [0.717, 1.165) is 12.8 Å². The SMILES string of the molecule is O=C(CNc1ccc(OC(F)F)cc1)NC1CCOCC1. The second-order valence-electron chi connectivity index (χ2n) is 4.71. The molecular weight excluding hydrogens is 282 g/mol. The van der Waals surface area contributed by atoms with Crippen molar-refractivity contribution in [3.8, 4) is 5.75 Å². The summed E-state index contributed by atoms with van der Waals surface area (Å²) in [6, 6.07) is 6.17. The number of hydrogen-bond acceptors (Lipinski definition) is 4. The molecule has 1 aliphatic rings. The highest BCUT2D eigenvalue weighted by molar-refractivity contribution is 5.81. The molecule has 0 unspecified atom stereocenters. The van der Waals surface area contributed by atoms with Crippen LogP contribution < -0.4 is 15.4 Å². The summed E-state index contributed by atoms with van der Waals surface area (Å²) in [5, 5.41) is 5.85. The number of halogens is 2. The molecular formula is C14H18F2N2O3. The fraction of sp³-hybridized carbons (Fsp3) is 0.500. The fourth-order valence-electron chi connectivity index (χ4n) is 2.06. The smallest absolute Gasteiger partial charge is 0.387 e. The molecule has 0 spiro atoms. The quantitative estimate of drug-likeness (QED) is 0.843. The highest BCUT2D eigenvalue weighted by Gasteiger charge is 2.15. The van der Waals surface area contributed by atoms with E-state index in [1.165, 1.54) is 12.1 Å². The predicted octanol–water partition coefficient (Wildman–Crippen LogP) is 2.00. The number of benzene rings is 1. The van der Waals surface area contributed by atoms with Gasteiger partial charge >= 0.3 is 6.61 Å². The predicted molar refractivity (Wildman–Crippen MR) is 73.5 cm³/mol. The first-order valence-electron chi connectivity index (χ1n) is 6.79. The number of anilines is 1. The van der Waals surface area contributed by atoms with Gasteiger partial charge in [-0.25, -0.2) is 0 Å². The molecule has 5 nitrogen and oxygen atoms in total. The summed E-state index contributed by atoms with van der Waals surface area (Å²) in [6.45, 7) is -1.37. The van der Waals surface area contributed by atoms with Crippen LogP contribution in [-0.4, -0.2) is 38.3 Å². The average Bonchev–Trinajstić information content (AvgIpc) is 2.47. The zero-order chi connectivity index (χ0) is 15.1. The van der Waals surface area contributed by atoms with Gasteiger partial charge in [-0.2, -0.15) is 8.78 Å². The topological polar surface area (TPSA) is 59.6 Å². The Morgan fingerprint density at radius 1 is 1.29 bits per heavy atom. The van der Waals surface area contributed by atoms with E-state index in [4.69, 9.17) is 4.74 Å².